The van der Waals surface area contributed by atoms with Crippen LogP contribution in [0.2, 0.25) is 0 Å². The number of nitrogens with two attached hydrogens (primary N) is 1. The smallest absolute Gasteiger partial charge is 0.188 e. The Morgan fingerprint density at radius 1 is 1.26 bits per heavy atom. The first-order valence-electron chi connectivity index (χ1n) is 6.65. The van der Waals surface area contributed by atoms with E-state index in [4.69, 9.17) is 5.73 Å². The van der Waals surface area contributed by atoms with Gasteiger partial charge < -0.3 is 11.1 Å². The molecule has 108 valence electrons. The first-order valence-corrected chi connectivity index (χ1v) is 6.65. The standard InChI is InChI=1S/C15H25N3.HI/c1-4-5-11-17-14(16)18-12-15(2,3)13-9-7-6-8-10-13;/h6-10H,4-5,11-12H2,1-3H3,(H3,16,17,18);1H. The van der Waals surface area contributed by atoms with Crippen LogP contribution < -0.4 is 11.1 Å². The Balaban J connectivity index is 0.00000324. The zero-order valence-electron chi connectivity index (χ0n) is 12.1. The Hall–Kier alpha value is -0.780. The van der Waals surface area contributed by atoms with Crippen LogP contribution in [0.4, 0.5) is 0 Å². The lowest BCUT2D eigenvalue weighted by molar-refractivity contribution is 0.538. The van der Waals surface area contributed by atoms with Gasteiger partial charge in [0.2, 0.25) is 0 Å². The average Bonchev–Trinajstić information content (AvgIpc) is 2.38. The van der Waals surface area contributed by atoms with Gasteiger partial charge in [-0.05, 0) is 12.0 Å². The summed E-state index contributed by atoms with van der Waals surface area (Å²) in [7, 11) is 0. The van der Waals surface area contributed by atoms with Gasteiger partial charge in [0.15, 0.2) is 5.96 Å². The van der Waals surface area contributed by atoms with Crippen molar-refractivity contribution in [3.8, 4) is 0 Å². The third-order valence-corrected chi connectivity index (χ3v) is 3.04. The maximum Gasteiger partial charge on any atom is 0.188 e. The van der Waals surface area contributed by atoms with Crippen molar-refractivity contribution < 1.29 is 0 Å². The molecule has 0 heterocycles. The van der Waals surface area contributed by atoms with E-state index < -0.39 is 0 Å². The molecule has 0 amide bonds. The topological polar surface area (TPSA) is 50.4 Å². The normalized spacial score (nSPS) is 11.8. The van der Waals surface area contributed by atoms with Crippen LogP contribution in [0.3, 0.4) is 0 Å². The lowest BCUT2D eigenvalue weighted by Crippen LogP contribution is -2.34. The summed E-state index contributed by atoms with van der Waals surface area (Å²) >= 11 is 0. The Kier molecular flexibility index (Phi) is 8.80. The molecule has 0 bridgehead atoms. The molecule has 0 fully saturated rings. The van der Waals surface area contributed by atoms with Crippen LogP contribution in [0.25, 0.3) is 0 Å². The molecule has 0 unspecified atom stereocenters. The van der Waals surface area contributed by atoms with Gasteiger partial charge in [-0.15, -0.1) is 24.0 Å². The fourth-order valence-corrected chi connectivity index (χ4v) is 1.71. The third kappa shape index (κ3) is 6.80. The summed E-state index contributed by atoms with van der Waals surface area (Å²) in [5, 5.41) is 3.14. The fraction of sp³-hybridized carbons (Fsp3) is 0.533. The molecule has 4 heteroatoms. The molecule has 0 saturated heterocycles. The highest BCUT2D eigenvalue weighted by atomic mass is 127. The summed E-state index contributed by atoms with van der Waals surface area (Å²) in [5.74, 6) is 0.549. The molecule has 0 aliphatic carbocycles. The quantitative estimate of drug-likeness (QED) is 0.347. The van der Waals surface area contributed by atoms with Gasteiger partial charge in [-0.1, -0.05) is 57.5 Å². The lowest BCUT2D eigenvalue weighted by Gasteiger charge is -2.23. The summed E-state index contributed by atoms with van der Waals surface area (Å²) in [6.07, 6.45) is 2.29. The highest BCUT2D eigenvalue weighted by molar-refractivity contribution is 14.0. The van der Waals surface area contributed by atoms with E-state index in [1.54, 1.807) is 0 Å². The minimum absolute atomic E-state index is 0. The van der Waals surface area contributed by atoms with Crippen LogP contribution in [0.5, 0.6) is 0 Å². The molecule has 0 radical (unpaired) electrons. The molecule has 3 N–H and O–H groups in total. The Bertz CT molecular complexity index is 374. The Morgan fingerprint density at radius 2 is 1.89 bits per heavy atom. The molecule has 1 aromatic carbocycles. The number of aliphatic imine (C=N–C) groups is 1. The molecule has 0 aromatic heterocycles. The van der Waals surface area contributed by atoms with Crippen molar-refractivity contribution >= 4 is 29.9 Å². The molecule has 0 aliphatic rings. The third-order valence-electron chi connectivity index (χ3n) is 3.04. The second-order valence-corrected chi connectivity index (χ2v) is 5.23. The number of hydrogen-bond acceptors (Lipinski definition) is 1. The van der Waals surface area contributed by atoms with Crippen molar-refractivity contribution in [3.63, 3.8) is 0 Å². The molecule has 0 spiro atoms. The summed E-state index contributed by atoms with van der Waals surface area (Å²) in [4.78, 5) is 4.43. The SMILES string of the molecule is CCCCNC(N)=NCC(C)(C)c1ccccc1.I. The van der Waals surface area contributed by atoms with Crippen LogP contribution in [-0.4, -0.2) is 19.0 Å². The van der Waals surface area contributed by atoms with Crippen molar-refractivity contribution in [2.45, 2.75) is 39.0 Å². The molecule has 19 heavy (non-hydrogen) atoms. The van der Waals surface area contributed by atoms with Gasteiger partial charge in [-0.2, -0.15) is 0 Å². The minimum atomic E-state index is 0. The molecular weight excluding hydrogens is 349 g/mol. The Morgan fingerprint density at radius 3 is 2.47 bits per heavy atom. The maximum absolute atomic E-state index is 5.84. The van der Waals surface area contributed by atoms with Crippen LogP contribution >= 0.6 is 24.0 Å². The molecule has 3 nitrogen and oxygen atoms in total. The van der Waals surface area contributed by atoms with E-state index >= 15 is 0 Å². The minimum Gasteiger partial charge on any atom is -0.370 e. The molecule has 0 atom stereocenters. The van der Waals surface area contributed by atoms with E-state index in [9.17, 15) is 0 Å². The number of nitrogens with one attached hydrogen (secondary N) is 1. The zero-order chi connectivity index (χ0) is 13.4. The van der Waals surface area contributed by atoms with Crippen molar-refractivity contribution in [3.05, 3.63) is 35.9 Å². The van der Waals surface area contributed by atoms with Gasteiger partial charge in [-0.3, -0.25) is 4.99 Å². The second kappa shape index (κ2) is 9.18. The molecule has 0 saturated carbocycles. The molecule has 0 aliphatic heterocycles. The number of benzene rings is 1. The number of rotatable bonds is 6. The molecular formula is C15H26IN3. The van der Waals surface area contributed by atoms with Crippen molar-refractivity contribution in [2.24, 2.45) is 10.7 Å². The number of nitrogens with zero attached hydrogens (tertiary/aromatic N) is 1. The van der Waals surface area contributed by atoms with E-state index in [-0.39, 0.29) is 29.4 Å². The highest BCUT2D eigenvalue weighted by Gasteiger charge is 2.19. The fourth-order valence-electron chi connectivity index (χ4n) is 1.71. The first-order chi connectivity index (χ1) is 8.56. The number of halogens is 1. The van der Waals surface area contributed by atoms with E-state index in [1.165, 1.54) is 5.56 Å². The van der Waals surface area contributed by atoms with Gasteiger partial charge >= 0.3 is 0 Å². The first kappa shape index (κ1) is 18.2. The van der Waals surface area contributed by atoms with Gasteiger partial charge in [0.05, 0.1) is 6.54 Å². The largest absolute Gasteiger partial charge is 0.370 e. The predicted octanol–water partition coefficient (Wildman–Crippen LogP) is 3.29. The molecule has 1 aromatic rings. The molecule has 1 rings (SSSR count). The predicted molar refractivity (Wildman–Crippen MR) is 94.3 cm³/mol. The van der Waals surface area contributed by atoms with E-state index in [2.05, 4.69) is 55.3 Å². The van der Waals surface area contributed by atoms with Crippen LogP contribution in [0, 0.1) is 0 Å². The lowest BCUT2D eigenvalue weighted by atomic mass is 9.85. The summed E-state index contributed by atoms with van der Waals surface area (Å²) < 4.78 is 0. The van der Waals surface area contributed by atoms with Gasteiger partial charge in [0.1, 0.15) is 0 Å². The van der Waals surface area contributed by atoms with Gasteiger partial charge in [-0.25, -0.2) is 0 Å². The van der Waals surface area contributed by atoms with E-state index in [1.807, 2.05) is 6.07 Å². The van der Waals surface area contributed by atoms with Crippen LogP contribution in [0.1, 0.15) is 39.2 Å². The van der Waals surface area contributed by atoms with E-state index in [0.717, 1.165) is 19.4 Å². The van der Waals surface area contributed by atoms with Crippen molar-refractivity contribution in [1.29, 1.82) is 0 Å². The highest BCUT2D eigenvalue weighted by Crippen LogP contribution is 2.22. The monoisotopic (exact) mass is 375 g/mol. The summed E-state index contributed by atoms with van der Waals surface area (Å²) in [5.41, 5.74) is 7.14. The maximum atomic E-state index is 5.84. The van der Waals surface area contributed by atoms with Crippen LogP contribution in [0.15, 0.2) is 35.3 Å². The van der Waals surface area contributed by atoms with E-state index in [0.29, 0.717) is 12.5 Å². The van der Waals surface area contributed by atoms with Crippen LogP contribution in [-0.2, 0) is 5.41 Å². The van der Waals surface area contributed by atoms with Gasteiger partial charge in [0, 0.05) is 12.0 Å². The number of guanidine groups is 1. The number of hydrogen-bond donors (Lipinski definition) is 2. The average molecular weight is 375 g/mol. The van der Waals surface area contributed by atoms with Crippen molar-refractivity contribution in [2.75, 3.05) is 13.1 Å². The van der Waals surface area contributed by atoms with Crippen molar-refractivity contribution in [1.82, 2.24) is 5.32 Å². The number of unbranched alkanes of at least 4 members (excludes halogenated alkanes) is 1. The second-order valence-electron chi connectivity index (χ2n) is 5.23. The summed E-state index contributed by atoms with van der Waals surface area (Å²) in [6.45, 7) is 8.13. The Labute approximate surface area is 134 Å². The zero-order valence-corrected chi connectivity index (χ0v) is 14.5. The summed E-state index contributed by atoms with van der Waals surface area (Å²) in [6, 6.07) is 10.4. The van der Waals surface area contributed by atoms with Gasteiger partial charge in [0.25, 0.3) is 0 Å².